The minimum absolute atomic E-state index is 0.0577. The van der Waals surface area contributed by atoms with Crippen molar-refractivity contribution >= 4 is 23.3 Å². The molecule has 2 N–H and O–H groups in total. The molecule has 0 radical (unpaired) electrons. The maximum Gasteiger partial charge on any atom is 0.249 e. The Kier molecular flexibility index (Phi) is 4.34. The molecule has 9 heteroatoms. The summed E-state index contributed by atoms with van der Waals surface area (Å²) in [5.41, 5.74) is 1.11. The van der Waals surface area contributed by atoms with Crippen molar-refractivity contribution in [2.24, 2.45) is 0 Å². The van der Waals surface area contributed by atoms with Crippen molar-refractivity contribution in [3.8, 4) is 11.3 Å². The average Bonchev–Trinajstić information content (AvgIpc) is 3.08. The molecule has 1 atom stereocenters. The molecule has 142 valence electrons. The van der Waals surface area contributed by atoms with Gasteiger partial charge in [0.25, 0.3) is 0 Å². The molecule has 1 aliphatic rings. The molecule has 0 spiro atoms. The van der Waals surface area contributed by atoms with E-state index in [2.05, 4.69) is 15.7 Å². The predicted octanol–water partition coefficient (Wildman–Crippen LogP) is 3.49. The summed E-state index contributed by atoms with van der Waals surface area (Å²) >= 11 is 0. The first-order valence-corrected chi connectivity index (χ1v) is 8.32. The first kappa shape index (κ1) is 17.8. The van der Waals surface area contributed by atoms with E-state index in [0.29, 0.717) is 17.1 Å². The zero-order chi connectivity index (χ0) is 19.8. The zero-order valence-corrected chi connectivity index (χ0v) is 14.2. The number of aromatic nitrogens is 2. The molecule has 2 aromatic carbocycles. The summed E-state index contributed by atoms with van der Waals surface area (Å²) in [7, 11) is 0. The van der Waals surface area contributed by atoms with Crippen LogP contribution in [0.1, 0.15) is 12.5 Å². The number of anilines is 2. The smallest absolute Gasteiger partial charge is 0.249 e. The number of halogens is 3. The molecule has 0 saturated heterocycles. The van der Waals surface area contributed by atoms with E-state index in [1.807, 2.05) is 0 Å². The molecule has 2 amide bonds. The highest BCUT2D eigenvalue weighted by Gasteiger charge is 2.32. The standard InChI is InChI=1S/C19H13F3N4O2/c20-11-3-1-10(2-4-11)15-8-17-24-18(27)9-16(26(17)25-15)19(28)23-12-5-6-13(21)14(22)7-12/h1-8,16H,9H2,(H,23,28)(H,24,27)/t16-/m1/s1. The van der Waals surface area contributed by atoms with Crippen LogP contribution in [0.4, 0.5) is 24.7 Å². The molecule has 6 nitrogen and oxygen atoms in total. The summed E-state index contributed by atoms with van der Waals surface area (Å²) in [5.74, 6) is -3.21. The molecular formula is C19H13F3N4O2. The van der Waals surface area contributed by atoms with Gasteiger partial charge < -0.3 is 10.6 Å². The van der Waals surface area contributed by atoms with Crippen LogP contribution in [-0.4, -0.2) is 21.6 Å². The Labute approximate surface area is 157 Å². The van der Waals surface area contributed by atoms with E-state index < -0.39 is 29.4 Å². The van der Waals surface area contributed by atoms with Crippen LogP contribution in [0.2, 0.25) is 0 Å². The summed E-state index contributed by atoms with van der Waals surface area (Å²) < 4.78 is 40.9. The van der Waals surface area contributed by atoms with Crippen LogP contribution in [0.3, 0.4) is 0 Å². The van der Waals surface area contributed by atoms with Gasteiger partial charge in [-0.3, -0.25) is 9.59 Å². The number of amides is 2. The van der Waals surface area contributed by atoms with E-state index in [1.165, 1.54) is 35.0 Å². The first-order valence-electron chi connectivity index (χ1n) is 8.32. The fourth-order valence-electron chi connectivity index (χ4n) is 2.95. The summed E-state index contributed by atoms with van der Waals surface area (Å²) in [5, 5.41) is 9.43. The molecule has 28 heavy (non-hydrogen) atoms. The van der Waals surface area contributed by atoms with Crippen LogP contribution in [0, 0.1) is 17.5 Å². The number of nitrogens with zero attached hydrogens (tertiary/aromatic N) is 2. The lowest BCUT2D eigenvalue weighted by Gasteiger charge is -2.23. The van der Waals surface area contributed by atoms with Crippen molar-refractivity contribution < 1.29 is 22.8 Å². The van der Waals surface area contributed by atoms with Crippen LogP contribution in [0.5, 0.6) is 0 Å². The van der Waals surface area contributed by atoms with E-state index in [4.69, 9.17) is 0 Å². The van der Waals surface area contributed by atoms with Gasteiger partial charge in [-0.15, -0.1) is 0 Å². The number of hydrogen-bond donors (Lipinski definition) is 2. The second kappa shape index (κ2) is 6.84. The largest absolute Gasteiger partial charge is 0.324 e. The van der Waals surface area contributed by atoms with Crippen LogP contribution < -0.4 is 10.6 Å². The first-order chi connectivity index (χ1) is 13.4. The normalized spacial score (nSPS) is 15.7. The number of rotatable bonds is 3. The molecule has 4 rings (SSSR count). The Morgan fingerprint density at radius 3 is 2.54 bits per heavy atom. The van der Waals surface area contributed by atoms with Gasteiger partial charge in [0.2, 0.25) is 11.8 Å². The lowest BCUT2D eigenvalue weighted by molar-refractivity contribution is -0.125. The fraction of sp³-hybridized carbons (Fsp3) is 0.105. The van der Waals surface area contributed by atoms with Crippen molar-refractivity contribution in [3.05, 3.63) is 66.0 Å². The van der Waals surface area contributed by atoms with Gasteiger partial charge in [-0.1, -0.05) is 0 Å². The highest BCUT2D eigenvalue weighted by molar-refractivity contribution is 6.01. The number of hydrogen-bond acceptors (Lipinski definition) is 3. The fourth-order valence-corrected chi connectivity index (χ4v) is 2.95. The minimum atomic E-state index is -1.10. The summed E-state index contributed by atoms with van der Waals surface area (Å²) in [4.78, 5) is 24.6. The Hall–Kier alpha value is -3.62. The quantitative estimate of drug-likeness (QED) is 0.724. The number of benzene rings is 2. The summed E-state index contributed by atoms with van der Waals surface area (Å²) in [6.07, 6.45) is -0.174. The average molecular weight is 386 g/mol. The van der Waals surface area contributed by atoms with Gasteiger partial charge in [0.15, 0.2) is 11.6 Å². The molecule has 0 bridgehead atoms. The third-order valence-corrected chi connectivity index (χ3v) is 4.31. The molecule has 3 aromatic rings. The third-order valence-electron chi connectivity index (χ3n) is 4.31. The second-order valence-electron chi connectivity index (χ2n) is 6.25. The van der Waals surface area contributed by atoms with Crippen LogP contribution in [0.25, 0.3) is 11.3 Å². The van der Waals surface area contributed by atoms with E-state index in [1.54, 1.807) is 6.07 Å². The van der Waals surface area contributed by atoms with E-state index >= 15 is 0 Å². The van der Waals surface area contributed by atoms with E-state index in [9.17, 15) is 22.8 Å². The van der Waals surface area contributed by atoms with Gasteiger partial charge in [0, 0.05) is 23.4 Å². The molecule has 1 aromatic heterocycles. The highest BCUT2D eigenvalue weighted by Crippen LogP contribution is 2.30. The topological polar surface area (TPSA) is 76.0 Å². The Morgan fingerprint density at radius 1 is 1.07 bits per heavy atom. The van der Waals surface area contributed by atoms with Crippen LogP contribution in [0.15, 0.2) is 48.5 Å². The number of nitrogens with one attached hydrogen (secondary N) is 2. The van der Waals surface area contributed by atoms with Gasteiger partial charge in [-0.25, -0.2) is 17.9 Å². The molecule has 2 heterocycles. The van der Waals surface area contributed by atoms with Crippen molar-refractivity contribution in [2.45, 2.75) is 12.5 Å². The predicted molar refractivity (Wildman–Crippen MR) is 94.9 cm³/mol. The lowest BCUT2D eigenvalue weighted by Crippen LogP contribution is -2.35. The van der Waals surface area contributed by atoms with Crippen molar-refractivity contribution in [3.63, 3.8) is 0 Å². The number of fused-ring (bicyclic) bond motifs is 1. The molecule has 0 aliphatic carbocycles. The van der Waals surface area contributed by atoms with E-state index in [-0.39, 0.29) is 18.0 Å². The Morgan fingerprint density at radius 2 is 1.82 bits per heavy atom. The summed E-state index contributed by atoms with van der Waals surface area (Å²) in [6.45, 7) is 0. The summed E-state index contributed by atoms with van der Waals surface area (Å²) in [6, 6.07) is 9.16. The third kappa shape index (κ3) is 3.34. The maximum absolute atomic E-state index is 13.4. The van der Waals surface area contributed by atoms with Gasteiger partial charge >= 0.3 is 0 Å². The second-order valence-corrected chi connectivity index (χ2v) is 6.25. The van der Waals surface area contributed by atoms with Crippen molar-refractivity contribution in [2.75, 3.05) is 10.6 Å². The van der Waals surface area contributed by atoms with Crippen LogP contribution >= 0.6 is 0 Å². The lowest BCUT2D eigenvalue weighted by atomic mass is 10.1. The maximum atomic E-state index is 13.4. The molecule has 1 aliphatic heterocycles. The van der Waals surface area contributed by atoms with Crippen molar-refractivity contribution in [1.29, 1.82) is 0 Å². The van der Waals surface area contributed by atoms with Gasteiger partial charge in [0.1, 0.15) is 17.7 Å². The number of carbonyl (C=O) groups is 2. The van der Waals surface area contributed by atoms with Gasteiger partial charge in [-0.05, 0) is 36.4 Å². The highest BCUT2D eigenvalue weighted by atomic mass is 19.2. The van der Waals surface area contributed by atoms with Gasteiger partial charge in [0.05, 0.1) is 12.1 Å². The molecule has 0 unspecified atom stereocenters. The number of carbonyl (C=O) groups excluding carboxylic acids is 2. The van der Waals surface area contributed by atoms with E-state index in [0.717, 1.165) is 12.1 Å². The zero-order valence-electron chi connectivity index (χ0n) is 14.2. The van der Waals surface area contributed by atoms with Gasteiger partial charge in [-0.2, -0.15) is 5.10 Å². The minimum Gasteiger partial charge on any atom is -0.324 e. The monoisotopic (exact) mass is 386 g/mol. The Bertz CT molecular complexity index is 1080. The molecular weight excluding hydrogens is 373 g/mol. The SMILES string of the molecule is O=C1C[C@H](C(=O)Nc2ccc(F)c(F)c2)n2nc(-c3ccc(F)cc3)cc2N1. The molecule has 0 fully saturated rings. The molecule has 0 saturated carbocycles. The Balaban J connectivity index is 1.63. The van der Waals surface area contributed by atoms with Crippen molar-refractivity contribution in [1.82, 2.24) is 9.78 Å². The van der Waals surface area contributed by atoms with Crippen LogP contribution in [-0.2, 0) is 9.59 Å².